The monoisotopic (exact) mass is 298 g/mol. The summed E-state index contributed by atoms with van der Waals surface area (Å²) in [5.74, 6) is 0.775. The number of halogens is 3. The van der Waals surface area contributed by atoms with Crippen LogP contribution < -0.4 is 15.2 Å². The van der Waals surface area contributed by atoms with Gasteiger partial charge in [0.1, 0.15) is 17.2 Å². The highest BCUT2D eigenvalue weighted by Gasteiger charge is 2.33. The molecule has 7 heteroatoms. The van der Waals surface area contributed by atoms with E-state index in [9.17, 15) is 13.2 Å². The van der Waals surface area contributed by atoms with Crippen LogP contribution in [0.25, 0.3) is 0 Å². The number of nitrogens with zero attached hydrogens (tertiary/aromatic N) is 1. The Hall–Kier alpha value is -2.44. The van der Waals surface area contributed by atoms with Gasteiger partial charge < -0.3 is 15.2 Å². The molecular weight excluding hydrogens is 285 g/mol. The van der Waals surface area contributed by atoms with Crippen molar-refractivity contribution in [3.05, 3.63) is 42.2 Å². The summed E-state index contributed by atoms with van der Waals surface area (Å²) >= 11 is 0. The summed E-state index contributed by atoms with van der Waals surface area (Å²) in [6.45, 7) is 2.29. The van der Waals surface area contributed by atoms with Gasteiger partial charge in [-0.15, -0.1) is 0 Å². The van der Waals surface area contributed by atoms with Gasteiger partial charge in [0.2, 0.25) is 0 Å². The van der Waals surface area contributed by atoms with Crippen molar-refractivity contribution in [2.24, 2.45) is 0 Å². The largest absolute Gasteiger partial charge is 0.494 e. The van der Waals surface area contributed by atoms with E-state index in [2.05, 4.69) is 4.98 Å². The molecule has 1 heterocycles. The van der Waals surface area contributed by atoms with Crippen molar-refractivity contribution in [3.63, 3.8) is 0 Å². The van der Waals surface area contributed by atoms with Crippen LogP contribution in [0.4, 0.5) is 18.9 Å². The number of nitrogens with two attached hydrogens (primary N) is 1. The Labute approximate surface area is 119 Å². The topological polar surface area (TPSA) is 57.4 Å². The lowest BCUT2D eigenvalue weighted by Crippen LogP contribution is -2.08. The molecule has 0 unspecified atom stereocenters. The first kappa shape index (κ1) is 15.0. The second-order valence-electron chi connectivity index (χ2n) is 4.12. The van der Waals surface area contributed by atoms with Crippen molar-refractivity contribution in [2.45, 2.75) is 13.1 Å². The van der Waals surface area contributed by atoms with E-state index in [4.69, 9.17) is 15.2 Å². The first-order valence-corrected chi connectivity index (χ1v) is 6.13. The zero-order valence-electron chi connectivity index (χ0n) is 11.1. The molecular formula is C14H13F3N2O2. The summed E-state index contributed by atoms with van der Waals surface area (Å²) in [5, 5.41) is 0. The lowest BCUT2D eigenvalue weighted by atomic mass is 10.3. The highest BCUT2D eigenvalue weighted by Crippen LogP contribution is 2.34. The van der Waals surface area contributed by atoms with Crippen molar-refractivity contribution in [1.29, 1.82) is 0 Å². The summed E-state index contributed by atoms with van der Waals surface area (Å²) in [4.78, 5) is 3.24. The van der Waals surface area contributed by atoms with Gasteiger partial charge in [-0.1, -0.05) is 6.07 Å². The first-order valence-electron chi connectivity index (χ1n) is 6.13. The number of alkyl halides is 3. The Bertz CT molecular complexity index is 630. The van der Waals surface area contributed by atoms with Gasteiger partial charge in [-0.2, -0.15) is 13.2 Å². The van der Waals surface area contributed by atoms with Gasteiger partial charge in [-0.25, -0.2) is 4.98 Å². The predicted molar refractivity (Wildman–Crippen MR) is 71.3 cm³/mol. The number of nitrogen functional groups attached to an aromatic ring is 1. The summed E-state index contributed by atoms with van der Waals surface area (Å²) in [5.41, 5.74) is 4.55. The molecule has 0 saturated carbocycles. The molecule has 0 atom stereocenters. The molecule has 1 aromatic heterocycles. The van der Waals surface area contributed by atoms with Crippen molar-refractivity contribution in [3.8, 4) is 17.2 Å². The van der Waals surface area contributed by atoms with Crippen LogP contribution in [0, 0.1) is 0 Å². The first-order chi connectivity index (χ1) is 9.90. The normalized spacial score (nSPS) is 11.2. The maximum atomic E-state index is 12.6. The highest BCUT2D eigenvalue weighted by molar-refractivity contribution is 5.53. The molecule has 4 nitrogen and oxygen atoms in total. The van der Waals surface area contributed by atoms with Crippen LogP contribution in [0.15, 0.2) is 36.5 Å². The molecule has 0 fully saturated rings. The molecule has 2 aromatic rings. The fourth-order valence-electron chi connectivity index (χ4n) is 1.61. The van der Waals surface area contributed by atoms with Crippen molar-refractivity contribution in [2.75, 3.05) is 12.3 Å². The second kappa shape index (κ2) is 5.90. The molecule has 0 bridgehead atoms. The number of benzene rings is 1. The SMILES string of the molecule is CCOc1cccc(Oc2cc(C(F)(F)F)ncc2N)c1. The number of hydrogen-bond acceptors (Lipinski definition) is 4. The Balaban J connectivity index is 2.28. The van der Waals surface area contributed by atoms with Gasteiger partial charge >= 0.3 is 6.18 Å². The fourth-order valence-corrected chi connectivity index (χ4v) is 1.61. The average Bonchev–Trinajstić information content (AvgIpc) is 2.41. The second-order valence-corrected chi connectivity index (χ2v) is 4.12. The van der Waals surface area contributed by atoms with E-state index in [1.165, 1.54) is 0 Å². The third kappa shape index (κ3) is 3.77. The maximum absolute atomic E-state index is 12.6. The van der Waals surface area contributed by atoms with Gasteiger partial charge in [-0.05, 0) is 19.1 Å². The van der Waals surface area contributed by atoms with Gasteiger partial charge in [0.25, 0.3) is 0 Å². The van der Waals surface area contributed by atoms with Crippen LogP contribution in [0.3, 0.4) is 0 Å². The standard InChI is InChI=1S/C14H13F3N2O2/c1-2-20-9-4-3-5-10(6-9)21-12-7-13(14(15,16)17)19-8-11(12)18/h3-8H,2,18H2,1H3. The summed E-state index contributed by atoms with van der Waals surface area (Å²) in [6, 6.07) is 7.31. The number of rotatable bonds is 4. The Morgan fingerprint density at radius 3 is 2.57 bits per heavy atom. The van der Waals surface area contributed by atoms with Gasteiger partial charge in [0, 0.05) is 12.1 Å². The number of hydrogen-bond donors (Lipinski definition) is 1. The molecule has 112 valence electrons. The Morgan fingerprint density at radius 1 is 1.19 bits per heavy atom. The van der Waals surface area contributed by atoms with Crippen molar-refractivity contribution < 1.29 is 22.6 Å². The van der Waals surface area contributed by atoms with E-state index in [0.29, 0.717) is 18.1 Å². The predicted octanol–water partition coefficient (Wildman–Crippen LogP) is 3.87. The molecule has 21 heavy (non-hydrogen) atoms. The third-order valence-corrected chi connectivity index (χ3v) is 2.53. The number of aromatic nitrogens is 1. The van der Waals surface area contributed by atoms with E-state index < -0.39 is 11.9 Å². The molecule has 0 radical (unpaired) electrons. The third-order valence-electron chi connectivity index (χ3n) is 2.53. The molecule has 0 aliphatic carbocycles. The van der Waals surface area contributed by atoms with Crippen LogP contribution in [-0.2, 0) is 6.18 Å². The molecule has 0 spiro atoms. The zero-order chi connectivity index (χ0) is 15.5. The minimum absolute atomic E-state index is 0.0183. The lowest BCUT2D eigenvalue weighted by Gasteiger charge is -2.12. The van der Waals surface area contributed by atoms with Crippen molar-refractivity contribution in [1.82, 2.24) is 4.98 Å². The molecule has 2 N–H and O–H groups in total. The molecule has 0 aliphatic rings. The van der Waals surface area contributed by atoms with E-state index in [1.54, 1.807) is 24.3 Å². The summed E-state index contributed by atoms with van der Waals surface area (Å²) in [6.07, 6.45) is -3.64. The fraction of sp³-hybridized carbons (Fsp3) is 0.214. The van der Waals surface area contributed by atoms with Gasteiger partial charge in [0.15, 0.2) is 5.75 Å². The summed E-state index contributed by atoms with van der Waals surface area (Å²) < 4.78 is 48.5. The van der Waals surface area contributed by atoms with Crippen LogP contribution in [0.2, 0.25) is 0 Å². The molecule has 0 saturated heterocycles. The number of ether oxygens (including phenoxy) is 2. The maximum Gasteiger partial charge on any atom is 0.433 e. The number of pyridine rings is 1. The van der Waals surface area contributed by atoms with E-state index >= 15 is 0 Å². The van der Waals surface area contributed by atoms with Gasteiger partial charge in [0.05, 0.1) is 18.5 Å². The van der Waals surface area contributed by atoms with Crippen LogP contribution >= 0.6 is 0 Å². The molecule has 0 aliphatic heterocycles. The minimum atomic E-state index is -4.56. The highest BCUT2D eigenvalue weighted by atomic mass is 19.4. The van der Waals surface area contributed by atoms with E-state index in [0.717, 1.165) is 12.3 Å². The Kier molecular flexibility index (Phi) is 4.21. The van der Waals surface area contributed by atoms with E-state index in [-0.39, 0.29) is 11.4 Å². The van der Waals surface area contributed by atoms with Gasteiger partial charge in [-0.3, -0.25) is 0 Å². The lowest BCUT2D eigenvalue weighted by molar-refractivity contribution is -0.141. The molecule has 2 rings (SSSR count). The zero-order valence-corrected chi connectivity index (χ0v) is 11.1. The van der Waals surface area contributed by atoms with Crippen LogP contribution in [-0.4, -0.2) is 11.6 Å². The summed E-state index contributed by atoms with van der Waals surface area (Å²) in [7, 11) is 0. The van der Waals surface area contributed by atoms with E-state index in [1.807, 2.05) is 6.92 Å². The molecule has 1 aromatic carbocycles. The minimum Gasteiger partial charge on any atom is -0.494 e. The molecule has 0 amide bonds. The van der Waals surface area contributed by atoms with Crippen LogP contribution in [0.5, 0.6) is 17.2 Å². The quantitative estimate of drug-likeness (QED) is 0.930. The average molecular weight is 298 g/mol. The Morgan fingerprint density at radius 2 is 1.90 bits per heavy atom. The number of anilines is 1. The van der Waals surface area contributed by atoms with Crippen molar-refractivity contribution >= 4 is 5.69 Å². The smallest absolute Gasteiger partial charge is 0.433 e. The van der Waals surface area contributed by atoms with Crippen LogP contribution in [0.1, 0.15) is 12.6 Å².